The van der Waals surface area contributed by atoms with E-state index in [0.717, 1.165) is 5.56 Å². The summed E-state index contributed by atoms with van der Waals surface area (Å²) in [6, 6.07) is 9.69. The van der Waals surface area contributed by atoms with E-state index in [2.05, 4.69) is 15.4 Å². The first kappa shape index (κ1) is 16.4. The molecule has 3 N–H and O–H groups in total. The maximum atomic E-state index is 12.7. The van der Waals surface area contributed by atoms with Gasteiger partial charge in [0.25, 0.3) is 5.91 Å². The van der Waals surface area contributed by atoms with E-state index in [1.165, 1.54) is 10.8 Å². The van der Waals surface area contributed by atoms with Crippen molar-refractivity contribution in [2.75, 3.05) is 6.54 Å². The van der Waals surface area contributed by atoms with E-state index in [9.17, 15) is 14.4 Å². The summed E-state index contributed by atoms with van der Waals surface area (Å²) < 4.78 is 1.48. The number of aliphatic carboxylic acids is 1. The average molecular weight is 340 g/mol. The number of aryl methyl sites for hydroxylation is 2. The highest BCUT2D eigenvalue weighted by atomic mass is 16.4. The monoisotopic (exact) mass is 340 g/mol. The highest BCUT2D eigenvalue weighted by Gasteiger charge is 2.20. The third-order valence-electron chi connectivity index (χ3n) is 3.79. The van der Waals surface area contributed by atoms with Crippen molar-refractivity contribution in [2.24, 2.45) is 0 Å². The molecule has 0 spiro atoms. The Morgan fingerprint density at radius 2 is 1.96 bits per heavy atom. The van der Waals surface area contributed by atoms with Gasteiger partial charge in [0.05, 0.1) is 0 Å². The SMILES string of the molecule is O=C(O)CNC(=O)c1c(=O)c(CCc2ccccc2)cn2[nH]cnc12. The molecule has 8 heteroatoms. The highest BCUT2D eigenvalue weighted by Crippen LogP contribution is 2.09. The number of carbonyl (C=O) groups excluding carboxylic acids is 1. The summed E-state index contributed by atoms with van der Waals surface area (Å²) in [7, 11) is 0. The molecule has 1 amide bonds. The third-order valence-corrected chi connectivity index (χ3v) is 3.79. The molecule has 0 saturated carbocycles. The van der Waals surface area contributed by atoms with Crippen LogP contribution in [-0.4, -0.2) is 38.1 Å². The van der Waals surface area contributed by atoms with E-state index in [-0.39, 0.29) is 11.2 Å². The van der Waals surface area contributed by atoms with E-state index in [1.807, 2.05) is 30.3 Å². The van der Waals surface area contributed by atoms with Gasteiger partial charge < -0.3 is 10.4 Å². The number of carboxylic acid groups (broad SMARTS) is 1. The molecule has 3 aromatic rings. The van der Waals surface area contributed by atoms with Crippen molar-refractivity contribution in [1.82, 2.24) is 19.9 Å². The van der Waals surface area contributed by atoms with Crippen molar-refractivity contribution in [3.05, 3.63) is 69.8 Å². The fraction of sp³-hybridized carbons (Fsp3) is 0.176. The first-order valence-corrected chi connectivity index (χ1v) is 7.68. The summed E-state index contributed by atoms with van der Waals surface area (Å²) >= 11 is 0. The number of pyridine rings is 1. The van der Waals surface area contributed by atoms with Crippen molar-refractivity contribution in [2.45, 2.75) is 12.8 Å². The van der Waals surface area contributed by atoms with Crippen LogP contribution in [-0.2, 0) is 17.6 Å². The molecule has 0 radical (unpaired) electrons. The number of aromatic nitrogens is 3. The van der Waals surface area contributed by atoms with Gasteiger partial charge in [0, 0.05) is 11.8 Å². The largest absolute Gasteiger partial charge is 0.480 e. The lowest BCUT2D eigenvalue weighted by molar-refractivity contribution is -0.135. The average Bonchev–Trinajstić information content (AvgIpc) is 3.06. The first-order valence-electron chi connectivity index (χ1n) is 7.68. The number of nitrogens with zero attached hydrogens (tertiary/aromatic N) is 2. The number of carboxylic acids is 1. The predicted molar refractivity (Wildman–Crippen MR) is 89.6 cm³/mol. The molecule has 0 aliphatic heterocycles. The lowest BCUT2D eigenvalue weighted by Crippen LogP contribution is -2.34. The molecular weight excluding hydrogens is 324 g/mol. The van der Waals surface area contributed by atoms with Crippen molar-refractivity contribution in [3.8, 4) is 0 Å². The molecule has 8 nitrogen and oxygen atoms in total. The number of carbonyl (C=O) groups is 2. The summed E-state index contributed by atoms with van der Waals surface area (Å²) in [5.74, 6) is -1.94. The smallest absolute Gasteiger partial charge is 0.322 e. The number of amides is 1. The van der Waals surface area contributed by atoms with Gasteiger partial charge in [-0.3, -0.25) is 19.5 Å². The minimum Gasteiger partial charge on any atom is -0.480 e. The van der Waals surface area contributed by atoms with Crippen LogP contribution < -0.4 is 10.7 Å². The quantitative estimate of drug-likeness (QED) is 0.608. The van der Waals surface area contributed by atoms with Gasteiger partial charge in [0.2, 0.25) is 0 Å². The summed E-state index contributed by atoms with van der Waals surface area (Å²) in [5, 5.41) is 13.7. The Bertz CT molecular complexity index is 975. The second-order valence-electron chi connectivity index (χ2n) is 5.50. The number of rotatable bonds is 6. The first-order chi connectivity index (χ1) is 12.1. The molecule has 128 valence electrons. The van der Waals surface area contributed by atoms with E-state index >= 15 is 0 Å². The van der Waals surface area contributed by atoms with Gasteiger partial charge in [0.1, 0.15) is 18.4 Å². The molecule has 2 heterocycles. The van der Waals surface area contributed by atoms with Crippen molar-refractivity contribution in [3.63, 3.8) is 0 Å². The topological polar surface area (TPSA) is 117 Å². The zero-order chi connectivity index (χ0) is 17.8. The molecule has 1 aromatic carbocycles. The third kappa shape index (κ3) is 3.57. The van der Waals surface area contributed by atoms with E-state index in [4.69, 9.17) is 5.11 Å². The molecule has 3 rings (SSSR count). The molecule has 0 fully saturated rings. The Hall–Kier alpha value is -3.42. The molecule has 0 unspecified atom stereocenters. The fourth-order valence-electron chi connectivity index (χ4n) is 2.59. The second-order valence-corrected chi connectivity index (χ2v) is 5.50. The van der Waals surface area contributed by atoms with Gasteiger partial charge in [-0.1, -0.05) is 30.3 Å². The Balaban J connectivity index is 1.94. The number of hydrogen-bond donors (Lipinski definition) is 3. The zero-order valence-electron chi connectivity index (χ0n) is 13.2. The van der Waals surface area contributed by atoms with E-state index < -0.39 is 23.9 Å². The summed E-state index contributed by atoms with van der Waals surface area (Å²) in [6.07, 6.45) is 4.07. The number of benzene rings is 1. The summed E-state index contributed by atoms with van der Waals surface area (Å²) in [5.41, 5.74) is 1.09. The van der Waals surface area contributed by atoms with Crippen molar-refractivity contribution in [1.29, 1.82) is 0 Å². The van der Waals surface area contributed by atoms with Crippen LogP contribution in [0.1, 0.15) is 21.5 Å². The molecule has 25 heavy (non-hydrogen) atoms. The van der Waals surface area contributed by atoms with Crippen LogP contribution in [0.4, 0.5) is 0 Å². The Morgan fingerprint density at radius 1 is 1.20 bits per heavy atom. The summed E-state index contributed by atoms with van der Waals surface area (Å²) in [6.45, 7) is -0.566. The zero-order valence-corrected chi connectivity index (χ0v) is 13.2. The minimum atomic E-state index is -1.19. The number of hydrogen-bond acceptors (Lipinski definition) is 4. The number of fused-ring (bicyclic) bond motifs is 1. The second kappa shape index (κ2) is 7.00. The molecule has 0 saturated heterocycles. The van der Waals surface area contributed by atoms with Gasteiger partial charge in [0.15, 0.2) is 11.1 Å². The normalized spacial score (nSPS) is 10.7. The van der Waals surface area contributed by atoms with Crippen molar-refractivity contribution < 1.29 is 14.7 Å². The van der Waals surface area contributed by atoms with Crippen LogP contribution >= 0.6 is 0 Å². The van der Waals surface area contributed by atoms with Gasteiger partial charge in [-0.25, -0.2) is 9.50 Å². The maximum Gasteiger partial charge on any atom is 0.322 e. The fourth-order valence-corrected chi connectivity index (χ4v) is 2.59. The lowest BCUT2D eigenvalue weighted by atomic mass is 10.0. The molecule has 2 aromatic heterocycles. The maximum absolute atomic E-state index is 12.7. The van der Waals surface area contributed by atoms with Crippen LogP contribution in [0.3, 0.4) is 0 Å². The Kier molecular flexibility index (Phi) is 4.60. The Morgan fingerprint density at radius 3 is 2.68 bits per heavy atom. The van der Waals surface area contributed by atoms with Crippen LogP contribution in [0.5, 0.6) is 0 Å². The molecule has 0 atom stereocenters. The van der Waals surface area contributed by atoms with Crippen LogP contribution in [0.15, 0.2) is 47.7 Å². The van der Waals surface area contributed by atoms with Crippen molar-refractivity contribution >= 4 is 17.5 Å². The van der Waals surface area contributed by atoms with E-state index in [1.54, 1.807) is 6.20 Å². The highest BCUT2D eigenvalue weighted by molar-refractivity contribution is 6.00. The van der Waals surface area contributed by atoms with Crippen LogP contribution in [0, 0.1) is 0 Å². The molecule has 0 bridgehead atoms. The lowest BCUT2D eigenvalue weighted by Gasteiger charge is -2.07. The summed E-state index contributed by atoms with van der Waals surface area (Å²) in [4.78, 5) is 39.6. The number of aromatic amines is 1. The van der Waals surface area contributed by atoms with Gasteiger partial charge in [-0.15, -0.1) is 0 Å². The van der Waals surface area contributed by atoms with Crippen LogP contribution in [0.2, 0.25) is 0 Å². The predicted octanol–water partition coefficient (Wildman–Crippen LogP) is 0.622. The van der Waals surface area contributed by atoms with Gasteiger partial charge >= 0.3 is 5.97 Å². The van der Waals surface area contributed by atoms with E-state index in [0.29, 0.717) is 18.4 Å². The number of nitrogens with one attached hydrogen (secondary N) is 2. The minimum absolute atomic E-state index is 0.159. The number of H-pyrrole nitrogens is 1. The Labute approximate surface area is 142 Å². The molecule has 0 aliphatic rings. The molecule has 0 aliphatic carbocycles. The standard InChI is InChI=1S/C17H16N4O4/c22-13(23)8-18-17(25)14-15(24)12(9-21-16(14)19-10-20-21)7-6-11-4-2-1-3-5-11/h1-5,9-10H,6-8H2,(H,18,25)(H,19,20)(H,22,23). The van der Waals surface area contributed by atoms with Crippen LogP contribution in [0.25, 0.3) is 5.65 Å². The van der Waals surface area contributed by atoms with Gasteiger partial charge in [-0.05, 0) is 18.4 Å². The van der Waals surface area contributed by atoms with Gasteiger partial charge in [-0.2, -0.15) is 0 Å². The molecular formula is C17H16N4O4.